The quantitative estimate of drug-likeness (QED) is 0.501. The Morgan fingerprint density at radius 2 is 1.75 bits per heavy atom. The number of rotatable bonds is 5. The number of aromatic nitrogens is 1. The molecule has 0 radical (unpaired) electrons. The van der Waals surface area contributed by atoms with Gasteiger partial charge in [-0.1, -0.05) is 29.8 Å². The van der Waals surface area contributed by atoms with Crippen molar-refractivity contribution in [3.05, 3.63) is 46.8 Å². The van der Waals surface area contributed by atoms with Crippen LogP contribution >= 0.6 is 0 Å². The number of hydrogen-bond acceptors (Lipinski definition) is 4. The number of likely N-dealkylation sites (N-methyl/N-ethyl adjacent to an activating group) is 1. The van der Waals surface area contributed by atoms with Gasteiger partial charge in [0.15, 0.2) is 0 Å². The lowest BCUT2D eigenvalue weighted by Crippen LogP contribution is -2.28. The fourth-order valence-corrected chi connectivity index (χ4v) is 2.49. The smallest absolute Gasteiger partial charge is 0.340 e. The molecule has 6 nitrogen and oxygen atoms in total. The lowest BCUT2D eigenvalue weighted by atomic mass is 9.97. The fourth-order valence-electron chi connectivity index (χ4n) is 2.49. The van der Waals surface area contributed by atoms with Crippen LogP contribution in [0.1, 0.15) is 39.0 Å². The van der Waals surface area contributed by atoms with Gasteiger partial charge in [0, 0.05) is 18.3 Å². The lowest BCUT2D eigenvalue weighted by Gasteiger charge is -2.08. The summed E-state index contributed by atoms with van der Waals surface area (Å²) < 4.78 is 5.10. The van der Waals surface area contributed by atoms with Crippen LogP contribution in [-0.2, 0) is 9.53 Å². The number of benzene rings is 1. The maximum atomic E-state index is 12.4. The molecule has 1 aromatic heterocycles. The molecular weight excluding hydrogens is 308 g/mol. The molecule has 0 fully saturated rings. The van der Waals surface area contributed by atoms with Gasteiger partial charge in [0.1, 0.15) is 5.69 Å². The number of carbonyl (C=O) groups excluding carboxylic acids is 3. The summed E-state index contributed by atoms with van der Waals surface area (Å²) in [6, 6.07) is 7.37. The summed E-state index contributed by atoms with van der Waals surface area (Å²) in [5.41, 5.74) is 2.94. The number of carbonyl (C=O) groups is 3. The Hall–Kier alpha value is -2.89. The summed E-state index contributed by atoms with van der Waals surface area (Å²) in [5.74, 6) is -2.01. The summed E-state index contributed by atoms with van der Waals surface area (Å²) in [6.07, 6.45) is 0. The molecule has 0 atom stereocenters. The SMILES string of the molecule is CCOC(=O)c1c(C)[nH]c(C(=O)C(=O)NC)c1-c1ccc(C)cc1. The Labute approximate surface area is 140 Å². The number of aryl methyl sites for hydroxylation is 2. The van der Waals surface area contributed by atoms with Crippen LogP contribution in [0.5, 0.6) is 0 Å². The molecule has 24 heavy (non-hydrogen) atoms. The first-order valence-electron chi connectivity index (χ1n) is 7.63. The molecular formula is C18H20N2O4. The van der Waals surface area contributed by atoms with Crippen LogP contribution in [0.2, 0.25) is 0 Å². The standard InChI is InChI=1S/C18H20N2O4/c1-5-24-18(23)13-11(3)20-15(16(21)17(22)19-4)14(13)12-8-6-10(2)7-9-12/h6-9,20H,5H2,1-4H3,(H,19,22). The van der Waals surface area contributed by atoms with Gasteiger partial charge in [-0.25, -0.2) is 4.79 Å². The Morgan fingerprint density at radius 3 is 2.29 bits per heavy atom. The topological polar surface area (TPSA) is 88.3 Å². The maximum absolute atomic E-state index is 12.4. The highest BCUT2D eigenvalue weighted by Gasteiger charge is 2.29. The second-order valence-corrected chi connectivity index (χ2v) is 5.37. The Morgan fingerprint density at radius 1 is 1.12 bits per heavy atom. The van der Waals surface area contributed by atoms with E-state index in [1.807, 2.05) is 19.1 Å². The van der Waals surface area contributed by atoms with Crippen LogP contribution in [0.25, 0.3) is 11.1 Å². The summed E-state index contributed by atoms with van der Waals surface area (Å²) in [5, 5.41) is 2.31. The van der Waals surface area contributed by atoms with Gasteiger partial charge >= 0.3 is 5.97 Å². The molecule has 0 aliphatic heterocycles. The molecule has 1 amide bonds. The molecule has 2 N–H and O–H groups in total. The van der Waals surface area contributed by atoms with Gasteiger partial charge in [0.05, 0.1) is 12.2 Å². The Kier molecular flexibility index (Phi) is 5.18. The number of nitrogens with one attached hydrogen (secondary N) is 2. The van der Waals surface area contributed by atoms with Gasteiger partial charge < -0.3 is 15.0 Å². The van der Waals surface area contributed by atoms with Gasteiger partial charge in [-0.2, -0.15) is 0 Å². The monoisotopic (exact) mass is 328 g/mol. The summed E-state index contributed by atoms with van der Waals surface area (Å²) in [4.78, 5) is 39.4. The van der Waals surface area contributed by atoms with Crippen LogP contribution in [0.3, 0.4) is 0 Å². The van der Waals surface area contributed by atoms with Crippen molar-refractivity contribution in [3.63, 3.8) is 0 Å². The zero-order valence-corrected chi connectivity index (χ0v) is 14.1. The fraction of sp³-hybridized carbons (Fsp3) is 0.278. The van der Waals surface area contributed by atoms with Gasteiger partial charge in [0.2, 0.25) is 0 Å². The van der Waals surface area contributed by atoms with Gasteiger partial charge in [-0.15, -0.1) is 0 Å². The van der Waals surface area contributed by atoms with E-state index < -0.39 is 17.7 Å². The van der Waals surface area contributed by atoms with Crippen LogP contribution in [-0.4, -0.2) is 36.3 Å². The molecule has 0 unspecified atom stereocenters. The summed E-state index contributed by atoms with van der Waals surface area (Å²) in [6.45, 7) is 5.54. The van der Waals surface area contributed by atoms with E-state index in [-0.39, 0.29) is 17.9 Å². The van der Waals surface area contributed by atoms with Crippen LogP contribution in [0.15, 0.2) is 24.3 Å². The van der Waals surface area contributed by atoms with Crippen molar-refractivity contribution in [2.24, 2.45) is 0 Å². The van der Waals surface area contributed by atoms with Crippen molar-refractivity contribution in [1.82, 2.24) is 10.3 Å². The summed E-state index contributed by atoms with van der Waals surface area (Å²) >= 11 is 0. The molecule has 126 valence electrons. The minimum absolute atomic E-state index is 0.0822. The molecule has 0 spiro atoms. The van der Waals surface area contributed by atoms with E-state index >= 15 is 0 Å². The molecule has 0 bridgehead atoms. The van der Waals surface area contributed by atoms with Crippen LogP contribution in [0, 0.1) is 13.8 Å². The number of esters is 1. The third kappa shape index (κ3) is 3.22. The van der Waals surface area contributed by atoms with E-state index in [2.05, 4.69) is 10.3 Å². The molecule has 0 aliphatic carbocycles. The predicted molar refractivity (Wildman–Crippen MR) is 90.1 cm³/mol. The number of H-pyrrole nitrogens is 1. The zero-order valence-electron chi connectivity index (χ0n) is 14.1. The van der Waals surface area contributed by atoms with Gasteiger partial charge in [-0.3, -0.25) is 9.59 Å². The van der Waals surface area contributed by atoms with E-state index in [0.29, 0.717) is 16.8 Å². The van der Waals surface area contributed by atoms with Crippen LogP contribution in [0.4, 0.5) is 0 Å². The number of Topliss-reactive ketones (excluding diaryl/α,β-unsaturated/α-hetero) is 1. The molecule has 1 aromatic carbocycles. The predicted octanol–water partition coefficient (Wildman–Crippen LogP) is 2.40. The first-order valence-corrected chi connectivity index (χ1v) is 7.63. The minimum atomic E-state index is -0.750. The van der Waals surface area contributed by atoms with E-state index in [9.17, 15) is 14.4 Å². The molecule has 2 rings (SSSR count). The van der Waals surface area contributed by atoms with Crippen molar-refractivity contribution in [2.45, 2.75) is 20.8 Å². The highest BCUT2D eigenvalue weighted by molar-refractivity contribution is 6.43. The molecule has 0 aliphatic rings. The molecule has 6 heteroatoms. The third-order valence-electron chi connectivity index (χ3n) is 3.67. The molecule has 2 aromatic rings. The Bertz CT molecular complexity index is 788. The first kappa shape index (κ1) is 17.5. The van der Waals surface area contributed by atoms with Gasteiger partial charge in [-0.05, 0) is 26.3 Å². The van der Waals surface area contributed by atoms with Gasteiger partial charge in [0.25, 0.3) is 11.7 Å². The third-order valence-corrected chi connectivity index (χ3v) is 3.67. The van der Waals surface area contributed by atoms with Crippen molar-refractivity contribution < 1.29 is 19.1 Å². The van der Waals surface area contributed by atoms with E-state index in [1.165, 1.54) is 7.05 Å². The highest BCUT2D eigenvalue weighted by Crippen LogP contribution is 2.31. The van der Waals surface area contributed by atoms with Crippen molar-refractivity contribution in [3.8, 4) is 11.1 Å². The van der Waals surface area contributed by atoms with Crippen molar-refractivity contribution in [1.29, 1.82) is 0 Å². The van der Waals surface area contributed by atoms with E-state index in [0.717, 1.165) is 5.56 Å². The van der Waals surface area contributed by atoms with Crippen molar-refractivity contribution in [2.75, 3.05) is 13.7 Å². The van der Waals surface area contributed by atoms with Crippen molar-refractivity contribution >= 4 is 17.7 Å². The number of ketones is 1. The second-order valence-electron chi connectivity index (χ2n) is 5.37. The van der Waals surface area contributed by atoms with Crippen LogP contribution < -0.4 is 5.32 Å². The lowest BCUT2D eigenvalue weighted by molar-refractivity contribution is -0.116. The largest absolute Gasteiger partial charge is 0.462 e. The number of aromatic amines is 1. The second kappa shape index (κ2) is 7.12. The number of hydrogen-bond donors (Lipinski definition) is 2. The van der Waals surface area contributed by atoms with E-state index in [4.69, 9.17) is 4.74 Å². The molecule has 1 heterocycles. The zero-order chi connectivity index (χ0) is 17.9. The number of amides is 1. The average molecular weight is 328 g/mol. The molecule has 0 saturated heterocycles. The Balaban J connectivity index is 2.70. The normalized spacial score (nSPS) is 10.3. The summed E-state index contributed by atoms with van der Waals surface area (Å²) in [7, 11) is 1.38. The first-order chi connectivity index (χ1) is 11.4. The average Bonchev–Trinajstić information content (AvgIpc) is 2.91. The maximum Gasteiger partial charge on any atom is 0.340 e. The number of ether oxygens (including phenoxy) is 1. The highest BCUT2D eigenvalue weighted by atomic mass is 16.5. The van der Waals surface area contributed by atoms with E-state index in [1.54, 1.807) is 26.0 Å². The molecule has 0 saturated carbocycles. The minimum Gasteiger partial charge on any atom is -0.462 e.